The summed E-state index contributed by atoms with van der Waals surface area (Å²) in [6.45, 7) is 2.55. The summed E-state index contributed by atoms with van der Waals surface area (Å²) in [5.74, 6) is 4.06. The van der Waals surface area contributed by atoms with E-state index in [2.05, 4.69) is 67.6 Å². The van der Waals surface area contributed by atoms with Crippen molar-refractivity contribution >= 4 is 19.2 Å². The molecule has 0 N–H and O–H groups in total. The smallest absolute Gasteiger partial charge is 0.0628 e. The highest BCUT2D eigenvalue weighted by molar-refractivity contribution is 6.85. The number of benzene rings is 2. The predicted molar refractivity (Wildman–Crippen MR) is 105 cm³/mol. The van der Waals surface area contributed by atoms with E-state index in [1.54, 1.807) is 10.4 Å². The molecule has 0 saturated heterocycles. The van der Waals surface area contributed by atoms with Crippen LogP contribution in [-0.4, -0.2) is 8.80 Å². The van der Waals surface area contributed by atoms with Crippen molar-refractivity contribution in [3.63, 3.8) is 0 Å². The molecule has 0 amide bonds. The molecule has 0 bridgehead atoms. The zero-order valence-electron chi connectivity index (χ0n) is 14.8. The maximum atomic E-state index is 2.55. The van der Waals surface area contributed by atoms with Crippen molar-refractivity contribution in [3.8, 4) is 0 Å². The second kappa shape index (κ2) is 7.27. The van der Waals surface area contributed by atoms with Crippen LogP contribution in [0.25, 0.3) is 0 Å². The van der Waals surface area contributed by atoms with E-state index in [4.69, 9.17) is 0 Å². The van der Waals surface area contributed by atoms with Gasteiger partial charge in [-0.2, -0.15) is 0 Å². The Kier molecular flexibility index (Phi) is 4.89. The van der Waals surface area contributed by atoms with Gasteiger partial charge in [0.2, 0.25) is 0 Å². The minimum atomic E-state index is -0.633. The third kappa shape index (κ3) is 3.24. The molecular weight excluding hydrogens is 304 g/mol. The molecule has 4 rings (SSSR count). The lowest BCUT2D eigenvalue weighted by Crippen LogP contribution is -2.42. The van der Waals surface area contributed by atoms with Crippen LogP contribution in [0.2, 0.25) is 6.04 Å². The van der Waals surface area contributed by atoms with Gasteiger partial charge < -0.3 is 0 Å². The highest BCUT2D eigenvalue weighted by Gasteiger charge is 2.42. The first-order valence-electron chi connectivity index (χ1n) is 9.79. The first-order valence-corrected chi connectivity index (χ1v) is 11.5. The van der Waals surface area contributed by atoms with Gasteiger partial charge in [-0.25, -0.2) is 0 Å². The van der Waals surface area contributed by atoms with Crippen LogP contribution < -0.4 is 10.4 Å². The maximum absolute atomic E-state index is 2.55. The molecule has 24 heavy (non-hydrogen) atoms. The van der Waals surface area contributed by atoms with Crippen LogP contribution in [0.4, 0.5) is 0 Å². The van der Waals surface area contributed by atoms with E-state index in [-0.39, 0.29) is 0 Å². The lowest BCUT2D eigenvalue weighted by atomic mass is 9.88. The summed E-state index contributed by atoms with van der Waals surface area (Å²) in [6.07, 6.45) is 7.48. The highest BCUT2D eigenvalue weighted by Crippen LogP contribution is 2.51. The molecule has 0 spiro atoms. The molecule has 4 atom stereocenters. The molecule has 2 saturated carbocycles. The van der Waals surface area contributed by atoms with E-state index in [1.165, 1.54) is 38.1 Å². The number of hydrogen-bond acceptors (Lipinski definition) is 0. The molecule has 2 aromatic rings. The Bertz CT molecular complexity index is 596. The molecule has 2 aliphatic carbocycles. The van der Waals surface area contributed by atoms with Crippen molar-refractivity contribution < 1.29 is 0 Å². The first kappa shape index (κ1) is 16.1. The van der Waals surface area contributed by atoms with Gasteiger partial charge in [-0.15, -0.1) is 0 Å². The largest absolute Gasteiger partial charge is 0.121 e. The Labute approximate surface area is 148 Å². The van der Waals surface area contributed by atoms with Crippen LogP contribution in [0.5, 0.6) is 0 Å². The summed E-state index contributed by atoms with van der Waals surface area (Å²) in [6, 6.07) is 24.0. The summed E-state index contributed by atoms with van der Waals surface area (Å²) in [5.41, 5.74) is 0. The third-order valence-corrected chi connectivity index (χ3v) is 9.60. The van der Waals surface area contributed by atoms with Gasteiger partial charge in [0, 0.05) is 0 Å². The number of rotatable bonds is 5. The van der Waals surface area contributed by atoms with Crippen molar-refractivity contribution in [1.82, 2.24) is 0 Å². The molecule has 2 fully saturated rings. The minimum Gasteiger partial charge on any atom is -0.0628 e. The summed E-state index contributed by atoms with van der Waals surface area (Å²) >= 11 is 0. The Morgan fingerprint density at radius 2 is 1.50 bits per heavy atom. The third-order valence-electron chi connectivity index (χ3n) is 6.75. The van der Waals surface area contributed by atoms with Crippen LogP contribution in [0.3, 0.4) is 0 Å². The van der Waals surface area contributed by atoms with Gasteiger partial charge in [0.1, 0.15) is 8.80 Å². The predicted octanol–water partition coefficient (Wildman–Crippen LogP) is 4.76. The number of hydrogen-bond donors (Lipinski definition) is 0. The van der Waals surface area contributed by atoms with Gasteiger partial charge in [0.15, 0.2) is 0 Å². The van der Waals surface area contributed by atoms with Gasteiger partial charge in [-0.05, 0) is 36.5 Å². The van der Waals surface area contributed by atoms with E-state index in [0.29, 0.717) is 0 Å². The fourth-order valence-electron chi connectivity index (χ4n) is 5.45. The fourth-order valence-corrected chi connectivity index (χ4v) is 8.21. The van der Waals surface area contributed by atoms with Crippen molar-refractivity contribution in [1.29, 1.82) is 0 Å². The summed E-state index contributed by atoms with van der Waals surface area (Å²) in [4.78, 5) is 0. The molecular formula is C23H29Si. The highest BCUT2D eigenvalue weighted by atomic mass is 28.3. The maximum Gasteiger partial charge on any atom is 0.121 e. The molecule has 2 aromatic carbocycles. The summed E-state index contributed by atoms with van der Waals surface area (Å²) in [7, 11) is -0.633. The topological polar surface area (TPSA) is 0 Å². The van der Waals surface area contributed by atoms with Gasteiger partial charge in [0.05, 0.1) is 0 Å². The average molecular weight is 334 g/mol. The number of fused-ring (bicyclic) bond motifs is 1. The Hall–Kier alpha value is -1.34. The van der Waals surface area contributed by atoms with Crippen molar-refractivity contribution in [2.24, 2.45) is 23.7 Å². The lowest BCUT2D eigenvalue weighted by molar-refractivity contribution is 0.322. The van der Waals surface area contributed by atoms with Crippen LogP contribution >= 0.6 is 0 Å². The van der Waals surface area contributed by atoms with Crippen LogP contribution in [0, 0.1) is 23.7 Å². The summed E-state index contributed by atoms with van der Waals surface area (Å²) in [5, 5.41) is 3.17. The lowest BCUT2D eigenvalue weighted by Gasteiger charge is -2.22. The summed E-state index contributed by atoms with van der Waals surface area (Å²) < 4.78 is 0. The van der Waals surface area contributed by atoms with Gasteiger partial charge >= 0.3 is 0 Å². The Morgan fingerprint density at radius 1 is 0.875 bits per heavy atom. The zero-order chi connectivity index (χ0) is 16.4. The van der Waals surface area contributed by atoms with Crippen molar-refractivity contribution in [3.05, 3.63) is 60.7 Å². The Balaban J connectivity index is 1.49. The van der Waals surface area contributed by atoms with Gasteiger partial charge in [0.25, 0.3) is 0 Å². The molecule has 0 heterocycles. The second-order valence-electron chi connectivity index (χ2n) is 7.96. The van der Waals surface area contributed by atoms with E-state index in [1.807, 2.05) is 0 Å². The van der Waals surface area contributed by atoms with E-state index in [9.17, 15) is 0 Å². The van der Waals surface area contributed by atoms with E-state index >= 15 is 0 Å². The fraction of sp³-hybridized carbons (Fsp3) is 0.478. The zero-order valence-corrected chi connectivity index (χ0v) is 15.8. The SMILES string of the molecule is C[C@@H]1[C@H](CC[Si](c2ccccc2)c2ccccc2)C[C@H]2CCC[C@H]21. The molecule has 1 heteroatoms. The van der Waals surface area contributed by atoms with Gasteiger partial charge in [-0.1, -0.05) is 103 Å². The normalized spacial score (nSPS) is 29.1. The van der Waals surface area contributed by atoms with Crippen molar-refractivity contribution in [2.45, 2.75) is 45.1 Å². The molecule has 0 aromatic heterocycles. The first-order chi connectivity index (χ1) is 11.8. The minimum absolute atomic E-state index is 0.633. The second-order valence-corrected chi connectivity index (χ2v) is 10.6. The van der Waals surface area contributed by atoms with Gasteiger partial charge in [-0.3, -0.25) is 0 Å². The average Bonchev–Trinajstić information content (AvgIpc) is 3.21. The van der Waals surface area contributed by atoms with Crippen LogP contribution in [0.1, 0.15) is 39.0 Å². The molecule has 0 aliphatic heterocycles. The quantitative estimate of drug-likeness (QED) is 0.692. The molecule has 0 unspecified atom stereocenters. The van der Waals surface area contributed by atoms with Crippen LogP contribution in [0.15, 0.2) is 60.7 Å². The van der Waals surface area contributed by atoms with E-state index < -0.39 is 8.80 Å². The van der Waals surface area contributed by atoms with E-state index in [0.717, 1.165) is 23.7 Å². The monoisotopic (exact) mass is 333 g/mol. The standard InChI is InChI=1S/C23H29Si/c1-18-19(17-20-9-8-14-23(18)20)15-16-24(21-10-4-2-5-11-21)22-12-6-3-7-13-22/h2-7,10-13,18-20,23H,8-9,14-17H2,1H3/t18-,19-,20-,23+/m1/s1. The molecule has 1 radical (unpaired) electrons. The van der Waals surface area contributed by atoms with Crippen LogP contribution in [-0.2, 0) is 0 Å². The molecule has 0 nitrogen and oxygen atoms in total. The molecule has 125 valence electrons. The van der Waals surface area contributed by atoms with Crippen molar-refractivity contribution in [2.75, 3.05) is 0 Å². The Morgan fingerprint density at radius 3 is 2.08 bits per heavy atom. The molecule has 2 aliphatic rings.